The summed E-state index contributed by atoms with van der Waals surface area (Å²) in [5, 5.41) is 10.9. The maximum absolute atomic E-state index is 10.9. The van der Waals surface area contributed by atoms with Crippen molar-refractivity contribution in [2.24, 2.45) is 56.7 Å². The second-order valence-electron chi connectivity index (χ2n) is 14.8. The molecule has 32 heavy (non-hydrogen) atoms. The van der Waals surface area contributed by atoms with Crippen LogP contribution < -0.4 is 0 Å². The number of rotatable bonds is 2. The summed E-state index contributed by atoms with van der Waals surface area (Å²) in [7, 11) is 0. The van der Waals surface area contributed by atoms with Gasteiger partial charge in [-0.1, -0.05) is 60.1 Å². The Balaban J connectivity index is 1.55. The molecule has 1 unspecified atom stereocenters. The van der Waals surface area contributed by atoms with E-state index in [2.05, 4.69) is 55.0 Å². The molecule has 5 aliphatic rings. The van der Waals surface area contributed by atoms with Gasteiger partial charge in [-0.2, -0.15) is 0 Å². The van der Waals surface area contributed by atoms with Gasteiger partial charge in [0.15, 0.2) is 0 Å². The minimum absolute atomic E-state index is 0.0620. The first-order valence-electron chi connectivity index (χ1n) is 14.2. The minimum atomic E-state index is -0.119. The lowest BCUT2D eigenvalue weighted by atomic mass is 9.32. The Bertz CT molecular complexity index is 781. The molecule has 1 nitrogen and oxygen atoms in total. The zero-order chi connectivity index (χ0) is 23.3. The Kier molecular flexibility index (Phi) is 5.21. The Morgan fingerprint density at radius 2 is 1.53 bits per heavy atom. The quantitative estimate of drug-likeness (QED) is 0.427. The van der Waals surface area contributed by atoms with Crippen molar-refractivity contribution < 1.29 is 5.11 Å². The van der Waals surface area contributed by atoms with Crippen molar-refractivity contribution in [3.05, 3.63) is 12.2 Å². The predicted octanol–water partition coefficient (Wildman–Crippen LogP) is 8.41. The Hall–Kier alpha value is -0.300. The number of fused-ring (bicyclic) bond motifs is 7. The molecule has 5 fully saturated rings. The predicted molar refractivity (Wildman–Crippen MR) is 135 cm³/mol. The van der Waals surface area contributed by atoms with Crippen LogP contribution in [0, 0.1) is 56.7 Å². The number of aliphatic hydroxyl groups excluding tert-OH is 1. The van der Waals surface area contributed by atoms with Crippen molar-refractivity contribution >= 4 is 0 Å². The summed E-state index contributed by atoms with van der Waals surface area (Å²) < 4.78 is 0. The van der Waals surface area contributed by atoms with Crippen molar-refractivity contribution in [1.29, 1.82) is 0 Å². The highest BCUT2D eigenvalue weighted by atomic mass is 16.3. The molecule has 0 aromatic rings. The van der Waals surface area contributed by atoms with Crippen LogP contribution in [0.2, 0.25) is 0 Å². The fourth-order valence-corrected chi connectivity index (χ4v) is 11.9. The van der Waals surface area contributed by atoms with E-state index in [-0.39, 0.29) is 11.5 Å². The lowest BCUT2D eigenvalue weighted by Crippen LogP contribution is -2.66. The number of hydrogen-bond acceptors (Lipinski definition) is 1. The Morgan fingerprint density at radius 1 is 0.812 bits per heavy atom. The molecule has 10 atom stereocenters. The van der Waals surface area contributed by atoms with Gasteiger partial charge in [0.05, 0.1) is 6.10 Å². The van der Waals surface area contributed by atoms with Crippen LogP contribution in [0.5, 0.6) is 0 Å². The summed E-state index contributed by atoms with van der Waals surface area (Å²) in [6.07, 6.45) is 14.8. The third-order valence-electron chi connectivity index (χ3n) is 13.9. The first kappa shape index (κ1) is 23.4. The zero-order valence-electron chi connectivity index (χ0n) is 22.4. The molecule has 0 heterocycles. The molecule has 0 bridgehead atoms. The standard InChI is InChI=1S/C31H52O/c1-9-31-17-12-21(20(2)3)26(31)22-10-11-24-28(6)15-14-25(32)27(4,5)23(28)13-16-30(24,8)29(22,7)18-19-31/h21-26,32H,2,9-19H2,1,3-8H3/t21-,22?,23-,24+,25-,26+,28-,29+,30+,31+/m0/s1. The van der Waals surface area contributed by atoms with Crippen LogP contribution in [0.15, 0.2) is 12.2 Å². The molecule has 0 aromatic heterocycles. The van der Waals surface area contributed by atoms with E-state index in [9.17, 15) is 5.11 Å². The van der Waals surface area contributed by atoms with E-state index in [4.69, 9.17) is 0 Å². The third kappa shape index (κ3) is 2.67. The molecule has 1 N–H and O–H groups in total. The molecular formula is C31H52O. The SMILES string of the molecule is C=C(C)[C@@H]1CC[C@]2(CC)CC[C@]3(C)C(CC[C@@H]4[C@@]5(C)CC[C@H](O)C(C)(C)[C@@H]5CC[C@]43C)[C@@H]12. The number of hydrogen-bond donors (Lipinski definition) is 1. The first-order chi connectivity index (χ1) is 14.9. The molecule has 0 aliphatic heterocycles. The highest BCUT2D eigenvalue weighted by molar-refractivity contribution is 5.21. The Labute approximate surface area is 199 Å². The monoisotopic (exact) mass is 440 g/mol. The zero-order valence-corrected chi connectivity index (χ0v) is 22.4. The van der Waals surface area contributed by atoms with Crippen molar-refractivity contribution in [3.63, 3.8) is 0 Å². The molecule has 1 heteroatoms. The second kappa shape index (κ2) is 7.11. The van der Waals surface area contributed by atoms with E-state index >= 15 is 0 Å². The molecule has 5 rings (SSSR count). The topological polar surface area (TPSA) is 20.2 Å². The van der Waals surface area contributed by atoms with Crippen LogP contribution >= 0.6 is 0 Å². The summed E-state index contributed by atoms with van der Waals surface area (Å²) in [5.74, 6) is 4.00. The van der Waals surface area contributed by atoms with Gasteiger partial charge in [0.1, 0.15) is 0 Å². The lowest BCUT2D eigenvalue weighted by molar-refractivity contribution is -0.247. The summed E-state index contributed by atoms with van der Waals surface area (Å²) >= 11 is 0. The summed E-state index contributed by atoms with van der Waals surface area (Å²) in [5.41, 5.74) is 3.43. The maximum atomic E-state index is 10.9. The van der Waals surface area contributed by atoms with E-state index in [0.717, 1.165) is 30.1 Å². The van der Waals surface area contributed by atoms with Crippen LogP contribution in [-0.2, 0) is 0 Å². The van der Waals surface area contributed by atoms with Crippen LogP contribution in [-0.4, -0.2) is 11.2 Å². The molecule has 0 aromatic carbocycles. The number of aliphatic hydroxyl groups is 1. The molecule has 0 radical (unpaired) electrons. The lowest BCUT2D eigenvalue weighted by Gasteiger charge is -2.73. The van der Waals surface area contributed by atoms with Crippen molar-refractivity contribution in [1.82, 2.24) is 0 Å². The highest BCUT2D eigenvalue weighted by Crippen LogP contribution is 2.77. The normalized spacial score (nSPS) is 56.5. The second-order valence-corrected chi connectivity index (χ2v) is 14.8. The Morgan fingerprint density at radius 3 is 2.19 bits per heavy atom. The molecule has 5 aliphatic carbocycles. The summed E-state index contributed by atoms with van der Waals surface area (Å²) in [6.45, 7) is 22.2. The average molecular weight is 441 g/mol. The van der Waals surface area contributed by atoms with Crippen LogP contribution in [0.4, 0.5) is 0 Å². The van der Waals surface area contributed by atoms with Gasteiger partial charge in [-0.15, -0.1) is 0 Å². The smallest absolute Gasteiger partial charge is 0.0594 e. The van der Waals surface area contributed by atoms with Gasteiger partial charge in [-0.05, 0) is 128 Å². The minimum Gasteiger partial charge on any atom is -0.393 e. The van der Waals surface area contributed by atoms with Gasteiger partial charge in [0, 0.05) is 0 Å². The fourth-order valence-electron chi connectivity index (χ4n) is 11.9. The van der Waals surface area contributed by atoms with E-state index in [0.29, 0.717) is 27.6 Å². The largest absolute Gasteiger partial charge is 0.393 e. The third-order valence-corrected chi connectivity index (χ3v) is 13.9. The van der Waals surface area contributed by atoms with E-state index in [1.54, 1.807) is 0 Å². The van der Waals surface area contributed by atoms with Crippen molar-refractivity contribution in [2.45, 2.75) is 125 Å². The van der Waals surface area contributed by atoms with E-state index < -0.39 is 0 Å². The summed E-state index contributed by atoms with van der Waals surface area (Å²) in [4.78, 5) is 0. The average Bonchev–Trinajstić information content (AvgIpc) is 3.12. The van der Waals surface area contributed by atoms with Crippen LogP contribution in [0.25, 0.3) is 0 Å². The van der Waals surface area contributed by atoms with Gasteiger partial charge in [-0.25, -0.2) is 0 Å². The van der Waals surface area contributed by atoms with Gasteiger partial charge >= 0.3 is 0 Å². The molecule has 5 saturated carbocycles. The van der Waals surface area contributed by atoms with Crippen molar-refractivity contribution in [3.8, 4) is 0 Å². The molecule has 0 amide bonds. The fraction of sp³-hybridized carbons (Fsp3) is 0.935. The van der Waals surface area contributed by atoms with Crippen LogP contribution in [0.1, 0.15) is 119 Å². The van der Waals surface area contributed by atoms with Gasteiger partial charge in [0.2, 0.25) is 0 Å². The van der Waals surface area contributed by atoms with Gasteiger partial charge in [0.25, 0.3) is 0 Å². The molecular weight excluding hydrogens is 388 g/mol. The molecule has 0 spiro atoms. The van der Waals surface area contributed by atoms with Crippen molar-refractivity contribution in [2.75, 3.05) is 0 Å². The van der Waals surface area contributed by atoms with E-state index in [1.165, 1.54) is 69.8 Å². The molecule has 0 saturated heterocycles. The van der Waals surface area contributed by atoms with E-state index in [1.807, 2.05) is 0 Å². The highest BCUT2D eigenvalue weighted by Gasteiger charge is 2.70. The van der Waals surface area contributed by atoms with Gasteiger partial charge < -0.3 is 5.11 Å². The summed E-state index contributed by atoms with van der Waals surface area (Å²) in [6, 6.07) is 0. The van der Waals surface area contributed by atoms with Crippen LogP contribution in [0.3, 0.4) is 0 Å². The van der Waals surface area contributed by atoms with Gasteiger partial charge in [-0.3, -0.25) is 0 Å². The number of allylic oxidation sites excluding steroid dienone is 1. The first-order valence-corrected chi connectivity index (χ1v) is 14.2. The molecule has 182 valence electrons. The maximum Gasteiger partial charge on any atom is 0.0594 e.